The summed E-state index contributed by atoms with van der Waals surface area (Å²) in [5, 5.41) is 0. The zero-order valence-corrected chi connectivity index (χ0v) is 18.5. The van der Waals surface area contributed by atoms with Crippen LogP contribution in [0.1, 0.15) is 0 Å². The summed E-state index contributed by atoms with van der Waals surface area (Å²) in [6.07, 6.45) is 0. The molecule has 1 aromatic rings. The number of benzene rings is 1. The van der Waals surface area contributed by atoms with Gasteiger partial charge in [0.15, 0.2) is 0 Å². The van der Waals surface area contributed by atoms with E-state index in [1.807, 2.05) is 0 Å². The molecule has 0 fully saturated rings. The maximum atomic E-state index is 4.32. The minimum absolute atomic E-state index is 0. The Morgan fingerprint density at radius 3 is 1.15 bits per heavy atom. The SMILES string of the molecule is Sc1c(Br)c(Br)c(Br)c(Br)c1Br.[Pb]. The first-order chi connectivity index (χ1) is 5.46. The molecule has 0 aromatic heterocycles. The molecule has 0 aliphatic rings. The summed E-state index contributed by atoms with van der Waals surface area (Å²) < 4.78 is 4.70. The zero-order valence-electron chi connectivity index (χ0n) is 5.84. The van der Waals surface area contributed by atoms with Crippen LogP contribution in [-0.2, 0) is 0 Å². The summed E-state index contributed by atoms with van der Waals surface area (Å²) in [6.45, 7) is 0. The third kappa shape index (κ3) is 3.42. The van der Waals surface area contributed by atoms with Crippen LogP contribution in [0.3, 0.4) is 0 Å². The maximum Gasteiger partial charge on any atom is 0.0483 e. The molecular formula is C6HBr5PbS. The van der Waals surface area contributed by atoms with Crippen molar-refractivity contribution in [3.8, 4) is 0 Å². The Bertz CT molecular complexity index is 235. The zero-order chi connectivity index (χ0) is 9.46. The summed E-state index contributed by atoms with van der Waals surface area (Å²) in [5.74, 6) is 0. The van der Waals surface area contributed by atoms with Gasteiger partial charge < -0.3 is 0 Å². The van der Waals surface area contributed by atoms with Crippen molar-refractivity contribution in [3.63, 3.8) is 0 Å². The van der Waals surface area contributed by atoms with Crippen molar-refractivity contribution >= 4 is 120 Å². The molecule has 0 N–H and O–H groups in total. The third-order valence-electron chi connectivity index (χ3n) is 1.19. The Morgan fingerprint density at radius 1 is 0.615 bits per heavy atom. The first kappa shape index (κ1) is 15.9. The molecular weight excluding hydrogens is 711 g/mol. The number of rotatable bonds is 0. The van der Waals surface area contributed by atoms with Crippen LogP contribution in [0.15, 0.2) is 27.3 Å². The van der Waals surface area contributed by atoms with E-state index >= 15 is 0 Å². The molecule has 1 rings (SSSR count). The van der Waals surface area contributed by atoms with Gasteiger partial charge in [-0.25, -0.2) is 0 Å². The maximum absolute atomic E-state index is 4.32. The van der Waals surface area contributed by atoms with Gasteiger partial charge in [-0.3, -0.25) is 0 Å². The van der Waals surface area contributed by atoms with Crippen molar-refractivity contribution in [1.82, 2.24) is 0 Å². The quantitative estimate of drug-likeness (QED) is 0.159. The molecule has 0 saturated heterocycles. The summed E-state index contributed by atoms with van der Waals surface area (Å²) in [7, 11) is 0. The van der Waals surface area contributed by atoms with Gasteiger partial charge in [-0.05, 0) is 79.6 Å². The molecule has 0 heterocycles. The van der Waals surface area contributed by atoms with E-state index in [1.54, 1.807) is 0 Å². The molecule has 0 aliphatic carbocycles. The number of hydrogen-bond acceptors (Lipinski definition) is 1. The van der Waals surface area contributed by atoms with Gasteiger partial charge >= 0.3 is 0 Å². The Morgan fingerprint density at radius 2 is 0.846 bits per heavy atom. The second-order valence-electron chi connectivity index (χ2n) is 1.92. The molecule has 0 bridgehead atoms. The monoisotopic (exact) mass is 708 g/mol. The molecule has 0 nitrogen and oxygen atoms in total. The van der Waals surface area contributed by atoms with Gasteiger partial charge in [0.1, 0.15) is 0 Å². The van der Waals surface area contributed by atoms with E-state index in [0.29, 0.717) is 0 Å². The molecule has 4 radical (unpaired) electrons. The average molecular weight is 712 g/mol. The van der Waals surface area contributed by atoms with Crippen LogP contribution in [-0.4, -0.2) is 27.3 Å². The van der Waals surface area contributed by atoms with E-state index in [-0.39, 0.29) is 27.3 Å². The normalized spacial score (nSPS) is 9.69. The van der Waals surface area contributed by atoms with Crippen molar-refractivity contribution < 1.29 is 0 Å². The van der Waals surface area contributed by atoms with Gasteiger partial charge in [0, 0.05) is 54.6 Å². The Balaban J connectivity index is 0.00000144. The topological polar surface area (TPSA) is 0 Å². The first-order valence-corrected chi connectivity index (χ1v) is 7.08. The molecule has 0 aliphatic heterocycles. The van der Waals surface area contributed by atoms with E-state index < -0.39 is 0 Å². The van der Waals surface area contributed by atoms with E-state index in [2.05, 4.69) is 92.3 Å². The second-order valence-corrected chi connectivity index (χ2v) is 6.33. The van der Waals surface area contributed by atoms with Crippen molar-refractivity contribution in [3.05, 3.63) is 22.4 Å². The smallest absolute Gasteiger partial charge is 0.0483 e. The van der Waals surface area contributed by atoms with Crippen LogP contribution in [0.2, 0.25) is 0 Å². The molecule has 1 aromatic carbocycles. The number of thiol groups is 1. The molecule has 7 heteroatoms. The van der Waals surface area contributed by atoms with E-state index in [4.69, 9.17) is 0 Å². The van der Waals surface area contributed by atoms with E-state index in [0.717, 1.165) is 27.3 Å². The molecule has 0 amide bonds. The Labute approximate surface area is 144 Å². The van der Waals surface area contributed by atoms with Gasteiger partial charge in [0.25, 0.3) is 0 Å². The molecule has 0 saturated carbocycles. The van der Waals surface area contributed by atoms with Crippen molar-refractivity contribution in [2.24, 2.45) is 0 Å². The van der Waals surface area contributed by atoms with Crippen molar-refractivity contribution in [2.45, 2.75) is 4.90 Å². The van der Waals surface area contributed by atoms with Crippen LogP contribution in [0, 0.1) is 0 Å². The summed E-state index contributed by atoms with van der Waals surface area (Å²) in [6, 6.07) is 0. The number of hydrogen-bond donors (Lipinski definition) is 1. The van der Waals surface area contributed by atoms with Crippen molar-refractivity contribution in [2.75, 3.05) is 0 Å². The van der Waals surface area contributed by atoms with E-state index in [1.165, 1.54) is 0 Å². The van der Waals surface area contributed by atoms with E-state index in [9.17, 15) is 0 Å². The van der Waals surface area contributed by atoms with Gasteiger partial charge in [-0.2, -0.15) is 0 Å². The fourth-order valence-electron chi connectivity index (χ4n) is 0.593. The molecule has 13 heavy (non-hydrogen) atoms. The van der Waals surface area contributed by atoms with Crippen LogP contribution in [0.4, 0.5) is 0 Å². The van der Waals surface area contributed by atoms with Crippen LogP contribution < -0.4 is 0 Å². The van der Waals surface area contributed by atoms with Crippen LogP contribution in [0.5, 0.6) is 0 Å². The largest absolute Gasteiger partial charge is 0.141 e. The fraction of sp³-hybridized carbons (Fsp3) is 0. The first-order valence-electron chi connectivity index (χ1n) is 2.67. The predicted molar refractivity (Wildman–Crippen MR) is 77.9 cm³/mol. The van der Waals surface area contributed by atoms with Crippen molar-refractivity contribution in [1.29, 1.82) is 0 Å². The minimum Gasteiger partial charge on any atom is -0.141 e. The summed E-state index contributed by atoms with van der Waals surface area (Å²) >= 11 is 21.4. The minimum atomic E-state index is 0. The molecule has 0 spiro atoms. The van der Waals surface area contributed by atoms with Gasteiger partial charge in [0.05, 0.1) is 0 Å². The van der Waals surface area contributed by atoms with Gasteiger partial charge in [-0.1, -0.05) is 0 Å². The molecule has 0 unspecified atom stereocenters. The summed E-state index contributed by atoms with van der Waals surface area (Å²) in [5.41, 5.74) is 0. The van der Waals surface area contributed by atoms with Gasteiger partial charge in [-0.15, -0.1) is 12.6 Å². The Kier molecular flexibility index (Phi) is 8.05. The fourth-order valence-corrected chi connectivity index (χ4v) is 4.17. The number of halogens is 5. The van der Waals surface area contributed by atoms with Crippen LogP contribution >= 0.6 is 92.3 Å². The average Bonchev–Trinajstić information content (AvgIpc) is 2.08. The summed E-state index contributed by atoms with van der Waals surface area (Å²) in [4.78, 5) is 0.858. The van der Waals surface area contributed by atoms with Crippen LogP contribution in [0.25, 0.3) is 0 Å². The second kappa shape index (κ2) is 6.58. The van der Waals surface area contributed by atoms with Gasteiger partial charge in [0.2, 0.25) is 0 Å². The third-order valence-corrected chi connectivity index (χ3v) is 8.34. The molecule has 0 atom stereocenters. The molecule has 70 valence electrons. The predicted octanol–water partition coefficient (Wildman–Crippen LogP) is 5.41. The standard InChI is InChI=1S/C6HBr5S.Pb/c7-1-2(8)4(10)6(12)5(11)3(1)9;/h12H;. The Hall–Kier alpha value is 2.89.